The van der Waals surface area contributed by atoms with Gasteiger partial charge in [0.2, 0.25) is 0 Å². The van der Waals surface area contributed by atoms with E-state index in [4.69, 9.17) is 9.47 Å². The van der Waals surface area contributed by atoms with Crippen LogP contribution in [0, 0.1) is 12.7 Å². The Labute approximate surface area is 191 Å². The van der Waals surface area contributed by atoms with Gasteiger partial charge in [0.05, 0.1) is 23.7 Å². The largest absolute Gasteiger partial charge is 0.492 e. The van der Waals surface area contributed by atoms with Crippen molar-refractivity contribution in [2.24, 2.45) is 0 Å². The molecule has 0 aliphatic carbocycles. The van der Waals surface area contributed by atoms with Crippen molar-refractivity contribution in [2.75, 3.05) is 24.0 Å². The molecular weight excluding hydrogens is 447 g/mol. The zero-order chi connectivity index (χ0) is 23.4. The van der Waals surface area contributed by atoms with Gasteiger partial charge in [-0.15, -0.1) is 0 Å². The minimum Gasteiger partial charge on any atom is -0.492 e. The second-order valence-electron chi connectivity index (χ2n) is 7.52. The molecule has 1 aliphatic heterocycles. The third-order valence-electron chi connectivity index (χ3n) is 5.12. The van der Waals surface area contributed by atoms with Gasteiger partial charge in [0.1, 0.15) is 23.9 Å². The van der Waals surface area contributed by atoms with Gasteiger partial charge in [-0.1, -0.05) is 29.8 Å². The normalized spacial score (nSPS) is 15.3. The summed E-state index contributed by atoms with van der Waals surface area (Å²) in [7, 11) is -3.91. The van der Waals surface area contributed by atoms with Crippen molar-refractivity contribution >= 4 is 21.6 Å². The van der Waals surface area contributed by atoms with Crippen molar-refractivity contribution < 1.29 is 27.1 Å². The monoisotopic (exact) mass is 470 g/mol. The average molecular weight is 471 g/mol. The number of halogens is 1. The van der Waals surface area contributed by atoms with Gasteiger partial charge in [-0.25, -0.2) is 12.8 Å². The van der Waals surface area contributed by atoms with Crippen LogP contribution >= 0.6 is 0 Å². The fraction of sp³-hybridized carbons (Fsp3) is 0.208. The molecule has 0 saturated heterocycles. The summed E-state index contributed by atoms with van der Waals surface area (Å²) in [4.78, 5) is 12.9. The second-order valence-corrected chi connectivity index (χ2v) is 9.38. The first-order valence-electron chi connectivity index (χ1n) is 10.4. The van der Waals surface area contributed by atoms with E-state index in [0.29, 0.717) is 17.2 Å². The summed E-state index contributed by atoms with van der Waals surface area (Å²) in [5.74, 6) is -0.0437. The van der Waals surface area contributed by atoms with Crippen LogP contribution in [0.15, 0.2) is 77.7 Å². The van der Waals surface area contributed by atoms with Crippen LogP contribution in [0.5, 0.6) is 11.5 Å². The maximum Gasteiger partial charge on any atom is 0.264 e. The van der Waals surface area contributed by atoms with E-state index in [1.54, 1.807) is 48.5 Å². The maximum absolute atomic E-state index is 13.4. The Hall–Kier alpha value is -3.59. The molecule has 1 atom stereocenters. The number of amides is 1. The van der Waals surface area contributed by atoms with E-state index in [-0.39, 0.29) is 30.4 Å². The van der Waals surface area contributed by atoms with Crippen LogP contribution in [-0.2, 0) is 14.8 Å². The van der Waals surface area contributed by atoms with Crippen molar-refractivity contribution in [3.63, 3.8) is 0 Å². The van der Waals surface area contributed by atoms with Crippen molar-refractivity contribution in [1.29, 1.82) is 0 Å². The number of aryl methyl sites for hydroxylation is 1. The first kappa shape index (κ1) is 22.6. The first-order chi connectivity index (χ1) is 15.8. The quantitative estimate of drug-likeness (QED) is 0.536. The van der Waals surface area contributed by atoms with Crippen LogP contribution in [-0.4, -0.2) is 40.1 Å². The van der Waals surface area contributed by atoms with Crippen LogP contribution < -0.4 is 19.1 Å². The Morgan fingerprint density at radius 2 is 1.79 bits per heavy atom. The minimum atomic E-state index is -3.91. The molecule has 33 heavy (non-hydrogen) atoms. The molecule has 0 bridgehead atoms. The number of nitrogens with zero attached hydrogens (tertiary/aromatic N) is 1. The highest BCUT2D eigenvalue weighted by molar-refractivity contribution is 7.92. The summed E-state index contributed by atoms with van der Waals surface area (Å²) >= 11 is 0. The number of anilines is 1. The number of carbonyl (C=O) groups is 1. The van der Waals surface area contributed by atoms with Crippen LogP contribution in [0.1, 0.15) is 5.56 Å². The lowest BCUT2D eigenvalue weighted by atomic mass is 10.2. The minimum absolute atomic E-state index is 0.136. The van der Waals surface area contributed by atoms with E-state index in [0.717, 1.165) is 5.56 Å². The Balaban J connectivity index is 1.46. The zero-order valence-corrected chi connectivity index (χ0v) is 18.7. The molecule has 9 heteroatoms. The Kier molecular flexibility index (Phi) is 6.50. The molecule has 0 spiro atoms. The third-order valence-corrected chi connectivity index (χ3v) is 6.91. The van der Waals surface area contributed by atoms with E-state index in [1.807, 2.05) is 6.92 Å². The van der Waals surface area contributed by atoms with Crippen molar-refractivity contribution in [1.82, 2.24) is 5.32 Å². The molecule has 0 aromatic heterocycles. The Bertz CT molecular complexity index is 1230. The Morgan fingerprint density at radius 1 is 1.09 bits per heavy atom. The van der Waals surface area contributed by atoms with Gasteiger partial charge in [-0.3, -0.25) is 9.10 Å². The highest BCUT2D eigenvalue weighted by Gasteiger charge is 2.37. The number of hydrogen-bond donors (Lipinski definition) is 1. The highest BCUT2D eigenvalue weighted by Crippen LogP contribution is 2.36. The lowest BCUT2D eigenvalue weighted by molar-refractivity contribution is -0.127. The predicted octanol–water partition coefficient (Wildman–Crippen LogP) is 3.29. The van der Waals surface area contributed by atoms with Gasteiger partial charge in [0, 0.05) is 0 Å². The fourth-order valence-corrected chi connectivity index (χ4v) is 4.87. The van der Waals surface area contributed by atoms with Crippen molar-refractivity contribution in [3.05, 3.63) is 84.2 Å². The predicted molar refractivity (Wildman–Crippen MR) is 121 cm³/mol. The van der Waals surface area contributed by atoms with Crippen LogP contribution in [0.25, 0.3) is 0 Å². The summed E-state index contributed by atoms with van der Waals surface area (Å²) in [5, 5.41) is 2.70. The molecule has 0 radical (unpaired) electrons. The molecule has 1 aliphatic rings. The van der Waals surface area contributed by atoms with Crippen molar-refractivity contribution in [2.45, 2.75) is 17.9 Å². The van der Waals surface area contributed by atoms with Gasteiger partial charge in [-0.05, 0) is 55.5 Å². The molecule has 7 nitrogen and oxygen atoms in total. The number of nitrogens with one attached hydrogen (secondary N) is 1. The zero-order valence-electron chi connectivity index (χ0n) is 17.9. The van der Waals surface area contributed by atoms with Gasteiger partial charge in [-0.2, -0.15) is 0 Å². The number of para-hydroxylation sites is 2. The summed E-state index contributed by atoms with van der Waals surface area (Å²) in [6.07, 6.45) is -1.04. The molecule has 1 amide bonds. The van der Waals surface area contributed by atoms with E-state index < -0.39 is 22.0 Å². The molecule has 1 heterocycles. The highest BCUT2D eigenvalue weighted by atomic mass is 32.2. The molecular formula is C24H23FN2O5S. The molecule has 0 fully saturated rings. The van der Waals surface area contributed by atoms with Gasteiger partial charge in [0.15, 0.2) is 6.10 Å². The second kappa shape index (κ2) is 9.50. The molecule has 4 rings (SSSR count). The smallest absolute Gasteiger partial charge is 0.264 e. The lowest BCUT2D eigenvalue weighted by Gasteiger charge is -2.34. The van der Waals surface area contributed by atoms with E-state index >= 15 is 0 Å². The molecule has 1 unspecified atom stereocenters. The average Bonchev–Trinajstić information content (AvgIpc) is 2.82. The first-order valence-corrected chi connectivity index (χ1v) is 11.8. The maximum atomic E-state index is 13.4. The molecule has 1 N–H and O–H groups in total. The molecule has 3 aromatic rings. The number of carbonyl (C=O) groups excluding carboxylic acids is 1. The standard InChI is InChI=1S/C24H23FN2O5S/c1-17-6-12-20(13-7-17)33(29,30)27-16-23(32-22-5-3-2-4-21(22)27)24(28)26-14-15-31-19-10-8-18(25)9-11-19/h2-13,23H,14-16H2,1H3,(H,26,28). The third kappa shape index (κ3) is 5.09. The number of sulfonamides is 1. The molecule has 0 saturated carbocycles. The van der Waals surface area contributed by atoms with Gasteiger partial charge >= 0.3 is 0 Å². The summed E-state index contributed by atoms with van der Waals surface area (Å²) < 4.78 is 52.2. The van der Waals surface area contributed by atoms with Crippen molar-refractivity contribution in [3.8, 4) is 11.5 Å². The van der Waals surface area contributed by atoms with E-state index in [1.165, 1.54) is 28.6 Å². The lowest BCUT2D eigenvalue weighted by Crippen LogP contribution is -2.51. The van der Waals surface area contributed by atoms with E-state index in [9.17, 15) is 17.6 Å². The SMILES string of the molecule is Cc1ccc(S(=O)(=O)N2CC(C(=O)NCCOc3ccc(F)cc3)Oc3ccccc32)cc1. The number of rotatable bonds is 7. The topological polar surface area (TPSA) is 84.9 Å². The summed E-state index contributed by atoms with van der Waals surface area (Å²) in [5.41, 5.74) is 1.32. The number of fused-ring (bicyclic) bond motifs is 1. The number of benzene rings is 3. The summed E-state index contributed by atoms with van der Waals surface area (Å²) in [6.45, 7) is 2.03. The van der Waals surface area contributed by atoms with Gasteiger partial charge < -0.3 is 14.8 Å². The summed E-state index contributed by atoms with van der Waals surface area (Å²) in [6, 6.07) is 18.8. The van der Waals surface area contributed by atoms with E-state index in [2.05, 4.69) is 5.32 Å². The van der Waals surface area contributed by atoms with Crippen LogP contribution in [0.3, 0.4) is 0 Å². The van der Waals surface area contributed by atoms with Gasteiger partial charge in [0.25, 0.3) is 15.9 Å². The van der Waals surface area contributed by atoms with Crippen LogP contribution in [0.4, 0.5) is 10.1 Å². The molecule has 3 aromatic carbocycles. The Morgan fingerprint density at radius 3 is 2.52 bits per heavy atom. The number of hydrogen-bond acceptors (Lipinski definition) is 5. The molecule has 172 valence electrons. The number of ether oxygens (including phenoxy) is 2. The van der Waals surface area contributed by atoms with Crippen LogP contribution in [0.2, 0.25) is 0 Å². The fourth-order valence-electron chi connectivity index (χ4n) is 3.39.